The van der Waals surface area contributed by atoms with E-state index in [1.165, 1.54) is 16.7 Å². The molecule has 0 aromatic heterocycles. The molecule has 0 amide bonds. The first kappa shape index (κ1) is 21.4. The van der Waals surface area contributed by atoms with E-state index in [4.69, 9.17) is 26.0 Å². The molecule has 0 aliphatic heterocycles. The lowest BCUT2D eigenvalue weighted by atomic mass is 10.2. The molecule has 6 heteroatoms. The zero-order chi connectivity index (χ0) is 19.9. The molecular weight excluding hydrogens is 395 g/mol. The van der Waals surface area contributed by atoms with Gasteiger partial charge in [0.15, 0.2) is 0 Å². The zero-order valence-corrected chi connectivity index (χ0v) is 18.1. The van der Waals surface area contributed by atoms with Gasteiger partial charge >= 0.3 is 5.69 Å². The molecule has 0 radical (unpaired) electrons. The smallest absolute Gasteiger partial charge is 0.345 e. The lowest BCUT2D eigenvalue weighted by molar-refractivity contribution is 0.475. The third kappa shape index (κ3) is 8.08. The third-order valence-corrected chi connectivity index (χ3v) is 5.34. The Morgan fingerprint density at radius 2 is 0.963 bits per heavy atom. The van der Waals surface area contributed by atoms with Gasteiger partial charge in [-0.3, -0.25) is 0 Å². The molecule has 27 heavy (non-hydrogen) atoms. The monoisotopic (exact) mass is 418 g/mol. The third-order valence-electron chi connectivity index (χ3n) is 3.52. The van der Waals surface area contributed by atoms with Crippen LogP contribution in [0.1, 0.15) is 16.7 Å². The molecule has 3 rings (SSSR count). The maximum Gasteiger partial charge on any atom is 0.345 e. The van der Waals surface area contributed by atoms with Gasteiger partial charge in [0.1, 0.15) is 17.2 Å². The van der Waals surface area contributed by atoms with Gasteiger partial charge in [0.25, 0.3) is 0 Å². The summed E-state index contributed by atoms with van der Waals surface area (Å²) in [5, 5.41) is 8.76. The van der Waals surface area contributed by atoms with Crippen LogP contribution in [-0.2, 0) is 11.8 Å². The molecule has 0 fully saturated rings. The van der Waals surface area contributed by atoms with Crippen molar-refractivity contribution >= 4 is 29.7 Å². The normalized spacial score (nSPS) is 10.5. The zero-order valence-electron chi connectivity index (χ0n) is 15.5. The molecule has 0 aliphatic carbocycles. The Morgan fingerprint density at radius 3 is 1.26 bits per heavy atom. The molecule has 0 atom stereocenters. The second kappa shape index (κ2) is 9.84. The van der Waals surface area contributed by atoms with Crippen molar-refractivity contribution < 1.29 is 14.2 Å². The summed E-state index contributed by atoms with van der Waals surface area (Å²) in [6.45, 7) is 6.02. The van der Waals surface area contributed by atoms with Gasteiger partial charge in [-0.15, -0.1) is 0 Å². The van der Waals surface area contributed by atoms with Gasteiger partial charge in [-0.1, -0.05) is 65.3 Å². The fraction of sp³-hybridized carbons (Fsp3) is 0.143. The van der Waals surface area contributed by atoms with Crippen molar-refractivity contribution in [1.82, 2.24) is 0 Å². The number of aromatic hydroxyl groups is 1. The number of phenols is 1. The molecule has 0 saturated heterocycles. The number of benzene rings is 3. The van der Waals surface area contributed by atoms with Crippen LogP contribution in [-0.4, -0.2) is 5.11 Å². The Morgan fingerprint density at radius 1 is 0.667 bits per heavy atom. The summed E-state index contributed by atoms with van der Waals surface area (Å²) in [4.78, 5) is 0. The molecule has 0 aliphatic rings. The van der Waals surface area contributed by atoms with Crippen molar-refractivity contribution in [3.63, 3.8) is 0 Å². The van der Waals surface area contributed by atoms with Crippen molar-refractivity contribution in [1.29, 1.82) is 0 Å². The van der Waals surface area contributed by atoms with Crippen LogP contribution in [0.2, 0.25) is 0 Å². The summed E-state index contributed by atoms with van der Waals surface area (Å²) in [5.41, 5.74) is 0.862. The van der Waals surface area contributed by atoms with E-state index < -0.39 is 5.69 Å². The first-order valence-electron chi connectivity index (χ1n) is 8.34. The Balaban J connectivity index is 0.000000273. The number of hydrogen-bond donors (Lipinski definition) is 2. The molecule has 1 N–H and O–H groups in total. The van der Waals surface area contributed by atoms with Crippen molar-refractivity contribution in [2.24, 2.45) is 0 Å². The molecule has 0 heterocycles. The minimum Gasteiger partial charge on any atom is -0.508 e. The Labute approximate surface area is 171 Å². The molecule has 3 aromatic carbocycles. The van der Waals surface area contributed by atoms with Crippen molar-refractivity contribution in [3.8, 4) is 17.2 Å². The first-order chi connectivity index (χ1) is 12.7. The molecule has 0 saturated carbocycles. The minimum absolute atomic E-state index is 0.329. The number of phenolic OH excluding ortho intramolecular Hbond substituents is 1. The van der Waals surface area contributed by atoms with Crippen LogP contribution in [0.4, 0.5) is 0 Å². The van der Waals surface area contributed by atoms with E-state index >= 15 is 0 Å². The Bertz CT molecular complexity index is 820. The van der Waals surface area contributed by atoms with Crippen LogP contribution in [0.5, 0.6) is 17.2 Å². The topological polar surface area (TPSA) is 38.7 Å². The largest absolute Gasteiger partial charge is 0.508 e. The van der Waals surface area contributed by atoms with Crippen LogP contribution >= 0.6 is 17.9 Å². The maximum atomic E-state index is 8.76. The number of rotatable bonds is 4. The highest BCUT2D eigenvalue weighted by atomic mass is 32.9. The van der Waals surface area contributed by atoms with E-state index in [9.17, 15) is 0 Å². The Hall–Kier alpha value is -1.94. The van der Waals surface area contributed by atoms with Crippen LogP contribution in [0, 0.1) is 20.8 Å². The van der Waals surface area contributed by atoms with Crippen molar-refractivity contribution in [2.75, 3.05) is 0 Å². The van der Waals surface area contributed by atoms with Crippen molar-refractivity contribution in [3.05, 3.63) is 89.5 Å². The van der Waals surface area contributed by atoms with E-state index in [1.54, 1.807) is 12.1 Å². The fourth-order valence-corrected chi connectivity index (χ4v) is 3.92. The van der Waals surface area contributed by atoms with Crippen LogP contribution in [0.3, 0.4) is 0 Å². The van der Waals surface area contributed by atoms with Gasteiger partial charge in [0, 0.05) is 0 Å². The summed E-state index contributed by atoms with van der Waals surface area (Å²) in [6, 6.07) is 22.4. The quantitative estimate of drug-likeness (QED) is 0.369. The summed E-state index contributed by atoms with van der Waals surface area (Å²) < 4.78 is 11.3. The average molecular weight is 419 g/mol. The highest BCUT2D eigenvalue weighted by molar-refractivity contribution is 8.60. The van der Waals surface area contributed by atoms with E-state index in [-0.39, 0.29) is 0 Å². The van der Waals surface area contributed by atoms with Gasteiger partial charge in [-0.05, 0) is 69.0 Å². The lowest BCUT2D eigenvalue weighted by Gasteiger charge is -2.18. The van der Waals surface area contributed by atoms with Gasteiger partial charge in [-0.2, -0.15) is 0 Å². The summed E-state index contributed by atoms with van der Waals surface area (Å²) in [7, 11) is 0. The van der Waals surface area contributed by atoms with Crippen LogP contribution < -0.4 is 9.05 Å². The lowest BCUT2D eigenvalue weighted by Crippen LogP contribution is -1.95. The summed E-state index contributed by atoms with van der Waals surface area (Å²) in [6.07, 6.45) is 0. The number of aryl methyl sites for hydroxylation is 3. The van der Waals surface area contributed by atoms with Crippen molar-refractivity contribution in [2.45, 2.75) is 20.8 Å². The molecule has 142 valence electrons. The molecule has 3 nitrogen and oxygen atoms in total. The van der Waals surface area contributed by atoms with Crippen LogP contribution in [0.15, 0.2) is 72.8 Å². The maximum absolute atomic E-state index is 8.76. The van der Waals surface area contributed by atoms with Gasteiger partial charge in [-0.25, -0.2) is 0 Å². The number of hydrogen-bond acceptors (Lipinski definition) is 4. The second-order valence-electron chi connectivity index (χ2n) is 6.11. The SMILES string of the molecule is Cc1ccc(O)cc1.Cc1ccc(OP(=S)(S)Oc2ccc(C)cc2)cc1. The van der Waals surface area contributed by atoms with Gasteiger partial charge < -0.3 is 14.2 Å². The highest BCUT2D eigenvalue weighted by Crippen LogP contribution is 2.52. The first-order valence-corrected chi connectivity index (χ1v) is 12.1. The molecule has 0 spiro atoms. The van der Waals surface area contributed by atoms with Gasteiger partial charge in [0.05, 0.1) is 0 Å². The predicted molar refractivity (Wildman–Crippen MR) is 120 cm³/mol. The molecular formula is C21H23O3PS2. The Kier molecular flexibility index (Phi) is 7.78. The average Bonchev–Trinajstić information content (AvgIpc) is 2.62. The predicted octanol–water partition coefficient (Wildman–Crippen LogP) is 6.62. The van der Waals surface area contributed by atoms with Crippen LogP contribution in [0.25, 0.3) is 0 Å². The minimum atomic E-state index is -2.64. The van der Waals surface area contributed by atoms with Gasteiger partial charge in [0.2, 0.25) is 0 Å². The number of thiol groups is 1. The second-order valence-corrected chi connectivity index (χ2v) is 11.2. The van der Waals surface area contributed by atoms with E-state index in [0.29, 0.717) is 17.2 Å². The molecule has 0 unspecified atom stereocenters. The fourth-order valence-electron chi connectivity index (χ4n) is 2.03. The van der Waals surface area contributed by atoms with E-state index in [1.807, 2.05) is 81.4 Å². The standard InChI is InChI=1S/C14H15O2PS2.C7H8O/c1-11-3-7-13(8-4-11)15-17(18,19)16-14-9-5-12(2)6-10-14;1-6-2-4-7(8)5-3-6/h3-10H,1-2H3,(H,18,19);2-5,8H,1H3. The molecule has 0 bridgehead atoms. The summed E-state index contributed by atoms with van der Waals surface area (Å²) >= 11 is 9.65. The highest BCUT2D eigenvalue weighted by Gasteiger charge is 2.16. The van der Waals surface area contributed by atoms with E-state index in [0.717, 1.165) is 0 Å². The summed E-state index contributed by atoms with van der Waals surface area (Å²) in [5.74, 6) is 1.68. The molecule has 3 aromatic rings. The van der Waals surface area contributed by atoms with E-state index in [2.05, 4.69) is 12.2 Å².